The Morgan fingerprint density at radius 1 is 1.27 bits per heavy atom. The first-order valence-electron chi connectivity index (χ1n) is 7.36. The lowest BCUT2D eigenvalue weighted by Crippen LogP contribution is -2.20. The van der Waals surface area contributed by atoms with Crippen LogP contribution in [0, 0.1) is 0 Å². The third kappa shape index (κ3) is 3.04. The molecule has 1 atom stereocenters. The summed E-state index contributed by atoms with van der Waals surface area (Å²) in [5, 5.41) is 3.68. The van der Waals surface area contributed by atoms with Crippen LogP contribution in [0.5, 0.6) is 0 Å². The average molecular weight is 313 g/mol. The molecule has 22 heavy (non-hydrogen) atoms. The summed E-state index contributed by atoms with van der Waals surface area (Å²) in [6.45, 7) is 2.74. The van der Waals surface area contributed by atoms with Crippen molar-refractivity contribution in [2.45, 2.75) is 25.8 Å². The summed E-state index contributed by atoms with van der Waals surface area (Å²) in [5.41, 5.74) is 4.07. The molecule has 0 saturated heterocycles. The van der Waals surface area contributed by atoms with E-state index in [9.17, 15) is 4.79 Å². The molecular weight excluding hydrogens is 296 g/mol. The van der Waals surface area contributed by atoms with E-state index in [0.717, 1.165) is 29.8 Å². The summed E-state index contributed by atoms with van der Waals surface area (Å²) in [5.74, 6) is -0.182. The minimum atomic E-state index is -0.181. The van der Waals surface area contributed by atoms with Crippen molar-refractivity contribution in [2.75, 3.05) is 5.32 Å². The third-order valence-corrected chi connectivity index (χ3v) is 4.15. The number of benzene rings is 2. The van der Waals surface area contributed by atoms with Crippen LogP contribution in [-0.4, -0.2) is 12.1 Å². The number of anilines is 1. The fourth-order valence-electron chi connectivity index (χ4n) is 2.68. The van der Waals surface area contributed by atoms with Gasteiger partial charge in [-0.1, -0.05) is 36.7 Å². The number of nitrogens with one attached hydrogen (secondary N) is 1. The van der Waals surface area contributed by atoms with Crippen molar-refractivity contribution in [3.63, 3.8) is 0 Å². The molecule has 1 amide bonds. The van der Waals surface area contributed by atoms with E-state index in [1.807, 2.05) is 55.6 Å². The molecule has 1 unspecified atom stereocenters. The van der Waals surface area contributed by atoms with Gasteiger partial charge in [-0.15, -0.1) is 0 Å². The third-order valence-electron chi connectivity index (χ3n) is 3.90. The Labute approximate surface area is 135 Å². The van der Waals surface area contributed by atoms with Crippen molar-refractivity contribution in [3.8, 4) is 0 Å². The molecule has 0 bridgehead atoms. The zero-order valence-corrected chi connectivity index (χ0v) is 13.1. The molecule has 2 aromatic rings. The van der Waals surface area contributed by atoms with Crippen LogP contribution in [0.1, 0.15) is 36.0 Å². The summed E-state index contributed by atoms with van der Waals surface area (Å²) in [6.07, 6.45) is 2.58. The first-order valence-corrected chi connectivity index (χ1v) is 7.74. The Hall–Kier alpha value is -2.13. The number of aliphatic imine (C=N–C) groups is 1. The van der Waals surface area contributed by atoms with Gasteiger partial charge in [-0.05, 0) is 47.4 Å². The largest absolute Gasteiger partial charge is 0.326 e. The Bertz CT molecular complexity index is 722. The van der Waals surface area contributed by atoms with Crippen molar-refractivity contribution in [2.24, 2.45) is 4.99 Å². The van der Waals surface area contributed by atoms with Gasteiger partial charge in [0.2, 0.25) is 5.91 Å². The van der Waals surface area contributed by atoms with Gasteiger partial charge in [0.15, 0.2) is 0 Å². The highest BCUT2D eigenvalue weighted by Gasteiger charge is 2.19. The van der Waals surface area contributed by atoms with Gasteiger partial charge in [-0.3, -0.25) is 9.79 Å². The molecule has 0 saturated carbocycles. The topological polar surface area (TPSA) is 41.5 Å². The lowest BCUT2D eigenvalue weighted by atomic mass is 9.95. The van der Waals surface area contributed by atoms with Gasteiger partial charge in [-0.25, -0.2) is 0 Å². The first kappa shape index (κ1) is 14.8. The maximum absolute atomic E-state index is 12.6. The molecule has 1 heterocycles. The maximum Gasteiger partial charge on any atom is 0.231 e. The SMILES string of the molecule is CCC(C(=O)Nc1ccc2c(c1)C=NC2)c1ccc(Cl)cc1. The number of halogens is 1. The zero-order valence-electron chi connectivity index (χ0n) is 12.3. The summed E-state index contributed by atoms with van der Waals surface area (Å²) in [7, 11) is 0. The minimum absolute atomic E-state index is 0.000270. The van der Waals surface area contributed by atoms with Crippen LogP contribution in [-0.2, 0) is 11.3 Å². The Balaban J connectivity index is 1.77. The molecule has 4 heteroatoms. The molecule has 3 nitrogen and oxygen atoms in total. The Kier molecular flexibility index (Phi) is 4.25. The van der Waals surface area contributed by atoms with Crippen LogP contribution in [0.25, 0.3) is 0 Å². The number of amides is 1. The number of carbonyl (C=O) groups is 1. The predicted octanol–water partition coefficient (Wildman–Crippen LogP) is 4.40. The zero-order chi connectivity index (χ0) is 15.5. The van der Waals surface area contributed by atoms with E-state index in [-0.39, 0.29) is 11.8 Å². The van der Waals surface area contributed by atoms with Gasteiger partial charge in [0, 0.05) is 16.9 Å². The lowest BCUT2D eigenvalue weighted by molar-refractivity contribution is -0.117. The van der Waals surface area contributed by atoms with E-state index in [2.05, 4.69) is 10.3 Å². The number of carbonyl (C=O) groups excluding carboxylic acids is 1. The molecule has 1 aliphatic heterocycles. The molecular formula is C18H17ClN2O. The van der Waals surface area contributed by atoms with E-state index in [0.29, 0.717) is 5.02 Å². The molecule has 3 rings (SSSR count). The quantitative estimate of drug-likeness (QED) is 0.893. The highest BCUT2D eigenvalue weighted by molar-refractivity contribution is 6.30. The van der Waals surface area contributed by atoms with E-state index < -0.39 is 0 Å². The van der Waals surface area contributed by atoms with Crippen LogP contribution in [0.15, 0.2) is 47.5 Å². The number of fused-ring (bicyclic) bond motifs is 1. The molecule has 0 radical (unpaired) electrons. The second-order valence-electron chi connectivity index (χ2n) is 5.39. The number of nitrogens with zero attached hydrogens (tertiary/aromatic N) is 1. The maximum atomic E-state index is 12.6. The number of hydrogen-bond acceptors (Lipinski definition) is 2. The number of rotatable bonds is 4. The second-order valence-corrected chi connectivity index (χ2v) is 5.82. The highest BCUT2D eigenvalue weighted by Crippen LogP contribution is 2.25. The fraction of sp³-hybridized carbons (Fsp3) is 0.222. The molecule has 112 valence electrons. The molecule has 0 fully saturated rings. The first-order chi connectivity index (χ1) is 10.7. The molecule has 0 spiro atoms. The Morgan fingerprint density at radius 3 is 2.77 bits per heavy atom. The van der Waals surface area contributed by atoms with E-state index in [4.69, 9.17) is 11.6 Å². The highest BCUT2D eigenvalue weighted by atomic mass is 35.5. The van der Waals surface area contributed by atoms with E-state index in [1.54, 1.807) is 0 Å². The van der Waals surface area contributed by atoms with Gasteiger partial charge < -0.3 is 5.32 Å². The molecule has 0 aliphatic carbocycles. The van der Waals surface area contributed by atoms with Crippen LogP contribution >= 0.6 is 11.6 Å². The number of hydrogen-bond donors (Lipinski definition) is 1. The molecule has 1 N–H and O–H groups in total. The molecule has 0 aromatic heterocycles. The summed E-state index contributed by atoms with van der Waals surface area (Å²) >= 11 is 5.91. The lowest BCUT2D eigenvalue weighted by Gasteiger charge is -2.16. The summed E-state index contributed by atoms with van der Waals surface area (Å²) < 4.78 is 0. The molecule has 2 aromatic carbocycles. The Morgan fingerprint density at radius 2 is 2.05 bits per heavy atom. The average Bonchev–Trinajstić information content (AvgIpc) is 2.97. The van der Waals surface area contributed by atoms with Crippen molar-refractivity contribution in [3.05, 3.63) is 64.2 Å². The fourth-order valence-corrected chi connectivity index (χ4v) is 2.80. The smallest absolute Gasteiger partial charge is 0.231 e. The molecule has 1 aliphatic rings. The minimum Gasteiger partial charge on any atom is -0.326 e. The van der Waals surface area contributed by atoms with Gasteiger partial charge in [-0.2, -0.15) is 0 Å². The van der Waals surface area contributed by atoms with E-state index in [1.165, 1.54) is 5.56 Å². The second kappa shape index (κ2) is 6.32. The monoisotopic (exact) mass is 312 g/mol. The van der Waals surface area contributed by atoms with Gasteiger partial charge in [0.25, 0.3) is 0 Å². The van der Waals surface area contributed by atoms with Crippen molar-refractivity contribution < 1.29 is 4.79 Å². The van der Waals surface area contributed by atoms with Crippen molar-refractivity contribution in [1.29, 1.82) is 0 Å². The predicted molar refractivity (Wildman–Crippen MR) is 90.9 cm³/mol. The van der Waals surface area contributed by atoms with Crippen molar-refractivity contribution in [1.82, 2.24) is 0 Å². The van der Waals surface area contributed by atoms with Crippen LogP contribution in [0.2, 0.25) is 5.02 Å². The van der Waals surface area contributed by atoms with Crippen LogP contribution in [0.4, 0.5) is 5.69 Å². The van der Waals surface area contributed by atoms with Crippen LogP contribution < -0.4 is 5.32 Å². The van der Waals surface area contributed by atoms with Gasteiger partial charge >= 0.3 is 0 Å². The summed E-state index contributed by atoms with van der Waals surface area (Å²) in [6, 6.07) is 13.4. The van der Waals surface area contributed by atoms with Crippen molar-refractivity contribution >= 4 is 29.4 Å². The van der Waals surface area contributed by atoms with Gasteiger partial charge in [0.05, 0.1) is 12.5 Å². The summed E-state index contributed by atoms with van der Waals surface area (Å²) in [4.78, 5) is 16.8. The van der Waals surface area contributed by atoms with Gasteiger partial charge in [0.1, 0.15) is 0 Å². The van der Waals surface area contributed by atoms with E-state index >= 15 is 0 Å². The standard InChI is InChI=1S/C18H17ClN2O/c1-2-17(12-3-6-15(19)7-4-12)18(22)21-16-8-5-13-10-20-11-14(13)9-16/h3-9,11,17H,2,10H2,1H3,(H,21,22). The van der Waals surface area contributed by atoms with Crippen LogP contribution in [0.3, 0.4) is 0 Å². The normalized spacial score (nSPS) is 13.7.